The number of nitrogens with zero attached hydrogens (tertiary/aromatic N) is 5. The van der Waals surface area contributed by atoms with Crippen molar-refractivity contribution in [1.29, 1.82) is 0 Å². The van der Waals surface area contributed by atoms with Crippen LogP contribution >= 0.6 is 0 Å². The Morgan fingerprint density at radius 3 is 2.73 bits per heavy atom. The molecule has 11 nitrogen and oxygen atoms in total. The van der Waals surface area contributed by atoms with E-state index < -0.39 is 23.4 Å². The Kier molecular flexibility index (Phi) is 6.75. The fourth-order valence-corrected chi connectivity index (χ4v) is 2.76. The summed E-state index contributed by atoms with van der Waals surface area (Å²) in [5, 5.41) is 22.4. The maximum atomic E-state index is 12.4. The van der Waals surface area contributed by atoms with Gasteiger partial charge in [0, 0.05) is 25.1 Å². The quantitative estimate of drug-likeness (QED) is 0.215. The first-order valence-electron chi connectivity index (χ1n) is 9.47. The normalized spacial score (nSPS) is 19.2. The second kappa shape index (κ2) is 9.46. The topological polar surface area (TPSA) is 130 Å². The lowest BCUT2D eigenvalue weighted by Crippen LogP contribution is -2.39. The molecule has 0 amide bonds. The first-order chi connectivity index (χ1) is 14.5. The molecular formula is C19H23N5O6. The smallest absolute Gasteiger partial charge is 0.369 e. The lowest BCUT2D eigenvalue weighted by atomic mass is 10.1. The SMILES string of the molecule is CCCC1(C)OC(=O)C(N=Nc2c(COOCC)cnn2-c2ccccn2)=C(O)O1. The maximum Gasteiger partial charge on any atom is 0.369 e. The number of carbonyl (C=O) groups is 1. The Balaban J connectivity index is 1.93. The Morgan fingerprint density at radius 2 is 2.07 bits per heavy atom. The minimum atomic E-state index is -1.25. The first kappa shape index (κ1) is 21.4. The van der Waals surface area contributed by atoms with E-state index in [0.29, 0.717) is 30.8 Å². The van der Waals surface area contributed by atoms with Crippen LogP contribution in [0.25, 0.3) is 5.82 Å². The monoisotopic (exact) mass is 417 g/mol. The third-order valence-electron chi connectivity index (χ3n) is 4.06. The highest BCUT2D eigenvalue weighted by Gasteiger charge is 2.40. The zero-order chi connectivity index (χ0) is 21.6. The number of aliphatic hydroxyl groups excluding tert-OH is 1. The van der Waals surface area contributed by atoms with Crippen molar-refractivity contribution in [2.75, 3.05) is 6.61 Å². The molecule has 0 saturated heterocycles. The van der Waals surface area contributed by atoms with Gasteiger partial charge in [0.1, 0.15) is 6.61 Å². The number of hydrogen-bond acceptors (Lipinski definition) is 10. The second-order valence-electron chi connectivity index (χ2n) is 6.49. The largest absolute Gasteiger partial charge is 0.479 e. The molecule has 11 heteroatoms. The van der Waals surface area contributed by atoms with Gasteiger partial charge in [-0.2, -0.15) is 9.78 Å². The highest BCUT2D eigenvalue weighted by Crippen LogP contribution is 2.31. The van der Waals surface area contributed by atoms with E-state index in [4.69, 9.17) is 19.2 Å². The van der Waals surface area contributed by atoms with Crippen LogP contribution in [0.4, 0.5) is 5.82 Å². The van der Waals surface area contributed by atoms with Crippen LogP contribution in [0.1, 0.15) is 39.2 Å². The molecule has 0 radical (unpaired) electrons. The van der Waals surface area contributed by atoms with Gasteiger partial charge in [0.25, 0.3) is 11.5 Å². The Morgan fingerprint density at radius 1 is 1.23 bits per heavy atom. The summed E-state index contributed by atoms with van der Waals surface area (Å²) in [7, 11) is 0. The molecule has 1 atom stereocenters. The average Bonchev–Trinajstić information content (AvgIpc) is 3.11. The van der Waals surface area contributed by atoms with Crippen molar-refractivity contribution in [1.82, 2.24) is 14.8 Å². The molecule has 1 aliphatic rings. The van der Waals surface area contributed by atoms with Gasteiger partial charge in [-0.05, 0) is 25.5 Å². The number of cyclic esters (lactones) is 1. The Labute approximate surface area is 172 Å². The number of hydrogen-bond donors (Lipinski definition) is 1. The van der Waals surface area contributed by atoms with Gasteiger partial charge in [-0.3, -0.25) is 0 Å². The van der Waals surface area contributed by atoms with Crippen molar-refractivity contribution in [2.45, 2.75) is 46.0 Å². The predicted molar refractivity (Wildman–Crippen MR) is 102 cm³/mol. The standard InChI is InChI=1S/C19H23N5O6/c1-4-9-19(3)29-17(25)15(18(26)30-19)22-23-16-13(12-28-27-5-2)11-21-24(16)14-8-6-7-10-20-14/h6-8,10-11,25H,4-5,9,12H2,1-3H3. The molecule has 0 aromatic carbocycles. The molecule has 0 aliphatic carbocycles. The molecule has 2 aromatic heterocycles. The number of ether oxygens (including phenoxy) is 2. The molecule has 2 aromatic rings. The van der Waals surface area contributed by atoms with Crippen molar-refractivity contribution >= 4 is 11.8 Å². The lowest BCUT2D eigenvalue weighted by molar-refractivity contribution is -0.300. The molecule has 0 fully saturated rings. The summed E-state index contributed by atoms with van der Waals surface area (Å²) in [6.45, 7) is 5.66. The van der Waals surface area contributed by atoms with Crippen LogP contribution in [0.2, 0.25) is 0 Å². The summed E-state index contributed by atoms with van der Waals surface area (Å²) >= 11 is 0. The molecular weight excluding hydrogens is 394 g/mol. The van der Waals surface area contributed by atoms with Gasteiger partial charge in [-0.25, -0.2) is 19.6 Å². The molecule has 30 heavy (non-hydrogen) atoms. The average molecular weight is 417 g/mol. The van der Waals surface area contributed by atoms with Crippen molar-refractivity contribution < 1.29 is 29.1 Å². The summed E-state index contributed by atoms with van der Waals surface area (Å²) in [6, 6.07) is 5.28. The molecule has 1 N–H and O–H groups in total. The fraction of sp³-hybridized carbons (Fsp3) is 0.421. The van der Waals surface area contributed by atoms with Gasteiger partial charge < -0.3 is 14.6 Å². The van der Waals surface area contributed by atoms with Crippen LogP contribution in [0.15, 0.2) is 52.5 Å². The number of azo groups is 1. The highest BCUT2D eigenvalue weighted by molar-refractivity contribution is 5.89. The number of aromatic nitrogens is 3. The minimum absolute atomic E-state index is 0.0373. The molecule has 0 saturated carbocycles. The van der Waals surface area contributed by atoms with E-state index in [2.05, 4.69) is 20.3 Å². The van der Waals surface area contributed by atoms with E-state index in [1.54, 1.807) is 38.2 Å². The number of rotatable bonds is 9. The van der Waals surface area contributed by atoms with Crippen LogP contribution in [0, 0.1) is 0 Å². The number of carbonyl (C=O) groups excluding carboxylic acids is 1. The third-order valence-corrected chi connectivity index (χ3v) is 4.06. The summed E-state index contributed by atoms with van der Waals surface area (Å²) in [4.78, 5) is 26.6. The molecule has 1 aliphatic heterocycles. The van der Waals surface area contributed by atoms with Crippen LogP contribution in [0.5, 0.6) is 0 Å². The molecule has 3 heterocycles. The molecule has 3 rings (SSSR count). The van der Waals surface area contributed by atoms with Crippen molar-refractivity contribution in [3.05, 3.63) is 47.8 Å². The molecule has 0 spiro atoms. The third kappa shape index (κ3) is 4.81. The maximum absolute atomic E-state index is 12.4. The zero-order valence-corrected chi connectivity index (χ0v) is 16.9. The lowest BCUT2D eigenvalue weighted by Gasteiger charge is -2.32. The molecule has 0 bridgehead atoms. The van der Waals surface area contributed by atoms with Crippen molar-refractivity contribution in [3.63, 3.8) is 0 Å². The first-order valence-corrected chi connectivity index (χ1v) is 9.47. The summed E-state index contributed by atoms with van der Waals surface area (Å²) in [5.41, 5.74) is 0.0767. The number of esters is 1. The van der Waals surface area contributed by atoms with Crippen LogP contribution in [-0.2, 0) is 30.7 Å². The van der Waals surface area contributed by atoms with Crippen LogP contribution in [-0.4, -0.2) is 38.2 Å². The highest BCUT2D eigenvalue weighted by atomic mass is 17.2. The van der Waals surface area contributed by atoms with Gasteiger partial charge in [-0.15, -0.1) is 10.2 Å². The fourth-order valence-electron chi connectivity index (χ4n) is 2.76. The summed E-state index contributed by atoms with van der Waals surface area (Å²) in [6.07, 6.45) is 4.23. The number of pyridine rings is 1. The Hall–Kier alpha value is -3.31. The van der Waals surface area contributed by atoms with E-state index in [1.165, 1.54) is 10.9 Å². The molecule has 160 valence electrons. The van der Waals surface area contributed by atoms with Gasteiger partial charge in [-0.1, -0.05) is 13.0 Å². The van der Waals surface area contributed by atoms with Gasteiger partial charge in [0.05, 0.1) is 12.8 Å². The van der Waals surface area contributed by atoms with Crippen molar-refractivity contribution in [3.8, 4) is 5.82 Å². The second-order valence-corrected chi connectivity index (χ2v) is 6.49. The van der Waals surface area contributed by atoms with Crippen molar-refractivity contribution in [2.24, 2.45) is 10.2 Å². The van der Waals surface area contributed by atoms with Crippen LogP contribution < -0.4 is 0 Å². The van der Waals surface area contributed by atoms with Crippen LogP contribution in [0.3, 0.4) is 0 Å². The molecule has 1 unspecified atom stereocenters. The van der Waals surface area contributed by atoms with E-state index in [-0.39, 0.29) is 12.4 Å². The van der Waals surface area contributed by atoms with Gasteiger partial charge in [0.15, 0.2) is 11.6 Å². The predicted octanol–water partition coefficient (Wildman–Crippen LogP) is 3.64. The van der Waals surface area contributed by atoms with Gasteiger partial charge in [0.2, 0.25) is 0 Å². The minimum Gasteiger partial charge on any atom is -0.479 e. The van der Waals surface area contributed by atoms with Gasteiger partial charge >= 0.3 is 11.9 Å². The van der Waals surface area contributed by atoms with E-state index in [9.17, 15) is 9.90 Å². The summed E-state index contributed by atoms with van der Waals surface area (Å²) in [5.74, 6) is -2.02. The zero-order valence-electron chi connectivity index (χ0n) is 16.9. The van der Waals surface area contributed by atoms with E-state index in [0.717, 1.165) is 0 Å². The summed E-state index contributed by atoms with van der Waals surface area (Å²) < 4.78 is 12.0. The van der Waals surface area contributed by atoms with E-state index in [1.807, 2.05) is 6.92 Å². The van der Waals surface area contributed by atoms with E-state index >= 15 is 0 Å². The number of aliphatic hydroxyl groups is 1. The Bertz CT molecular complexity index is 942.